The average molecular weight is 229 g/mol. The van der Waals surface area contributed by atoms with Gasteiger partial charge in [0.1, 0.15) is 0 Å². The summed E-state index contributed by atoms with van der Waals surface area (Å²) in [6, 6.07) is 8.78. The van der Waals surface area contributed by atoms with Crippen LogP contribution in [0.3, 0.4) is 0 Å². The quantitative estimate of drug-likeness (QED) is 0.856. The van der Waals surface area contributed by atoms with E-state index in [0.717, 1.165) is 18.1 Å². The number of para-hydroxylation sites is 1. The molecular weight excluding hydrogens is 214 g/mol. The first-order chi connectivity index (χ1) is 8.34. The van der Waals surface area contributed by atoms with Crippen molar-refractivity contribution in [1.29, 1.82) is 0 Å². The molecule has 88 valence electrons. The standard InChI is InChI=1S/C12H15N5/c1-9-4-2-3-5-11(9)17-12(14-15-16-17)8-13-10-6-7-10/h2-5,10,13H,6-8H2,1H3. The van der Waals surface area contributed by atoms with Gasteiger partial charge < -0.3 is 5.32 Å². The van der Waals surface area contributed by atoms with Crippen LogP contribution in [0.4, 0.5) is 0 Å². The molecule has 1 saturated carbocycles. The second-order valence-corrected chi connectivity index (χ2v) is 4.45. The van der Waals surface area contributed by atoms with Gasteiger partial charge >= 0.3 is 0 Å². The van der Waals surface area contributed by atoms with Crippen LogP contribution in [0.5, 0.6) is 0 Å². The topological polar surface area (TPSA) is 55.6 Å². The van der Waals surface area contributed by atoms with Crippen molar-refractivity contribution < 1.29 is 0 Å². The molecule has 0 amide bonds. The number of aryl methyl sites for hydroxylation is 1. The molecule has 3 rings (SSSR count). The van der Waals surface area contributed by atoms with Gasteiger partial charge in [-0.1, -0.05) is 18.2 Å². The monoisotopic (exact) mass is 229 g/mol. The molecule has 0 aliphatic heterocycles. The summed E-state index contributed by atoms with van der Waals surface area (Å²) in [4.78, 5) is 0. The molecule has 1 aromatic carbocycles. The van der Waals surface area contributed by atoms with Crippen LogP contribution in [-0.4, -0.2) is 26.2 Å². The van der Waals surface area contributed by atoms with E-state index in [1.54, 1.807) is 0 Å². The molecule has 0 spiro atoms. The normalized spacial score (nSPS) is 15.1. The lowest BCUT2D eigenvalue weighted by atomic mass is 10.2. The van der Waals surface area contributed by atoms with Crippen LogP contribution < -0.4 is 5.32 Å². The summed E-state index contributed by atoms with van der Waals surface area (Å²) in [7, 11) is 0. The minimum absolute atomic E-state index is 0.664. The number of hydrogen-bond donors (Lipinski definition) is 1. The second kappa shape index (κ2) is 4.25. The maximum absolute atomic E-state index is 4.07. The molecule has 0 bridgehead atoms. The van der Waals surface area contributed by atoms with E-state index in [0.29, 0.717) is 6.04 Å². The zero-order valence-electron chi connectivity index (χ0n) is 9.80. The van der Waals surface area contributed by atoms with Crippen molar-refractivity contribution in [3.8, 4) is 5.69 Å². The number of tetrazole rings is 1. The van der Waals surface area contributed by atoms with E-state index in [1.807, 2.05) is 22.9 Å². The fourth-order valence-electron chi connectivity index (χ4n) is 1.83. The van der Waals surface area contributed by atoms with E-state index >= 15 is 0 Å². The summed E-state index contributed by atoms with van der Waals surface area (Å²) in [6.45, 7) is 2.79. The molecule has 1 aliphatic carbocycles. The summed E-state index contributed by atoms with van der Waals surface area (Å²) < 4.78 is 1.81. The molecule has 1 heterocycles. The number of nitrogens with zero attached hydrogens (tertiary/aromatic N) is 4. The Kier molecular flexibility index (Phi) is 2.60. The van der Waals surface area contributed by atoms with Gasteiger partial charge in [-0.2, -0.15) is 4.68 Å². The lowest BCUT2D eigenvalue weighted by molar-refractivity contribution is 0.637. The molecule has 0 saturated heterocycles. The molecule has 1 aromatic heterocycles. The van der Waals surface area contributed by atoms with Crippen LogP contribution >= 0.6 is 0 Å². The zero-order chi connectivity index (χ0) is 11.7. The largest absolute Gasteiger partial charge is 0.307 e. The van der Waals surface area contributed by atoms with Crippen molar-refractivity contribution in [2.75, 3.05) is 0 Å². The number of nitrogens with one attached hydrogen (secondary N) is 1. The fraction of sp³-hybridized carbons (Fsp3) is 0.417. The predicted molar refractivity (Wildman–Crippen MR) is 63.8 cm³/mol. The third-order valence-electron chi connectivity index (χ3n) is 3.00. The Labute approximate surface area is 99.8 Å². The third kappa shape index (κ3) is 2.19. The minimum Gasteiger partial charge on any atom is -0.307 e. The van der Waals surface area contributed by atoms with Crippen LogP contribution in [-0.2, 0) is 6.54 Å². The Bertz CT molecular complexity index is 515. The van der Waals surface area contributed by atoms with Gasteiger partial charge in [-0.3, -0.25) is 0 Å². The summed E-state index contributed by atoms with van der Waals surface area (Å²) in [5.41, 5.74) is 2.22. The summed E-state index contributed by atoms with van der Waals surface area (Å²) in [5.74, 6) is 0.867. The number of aromatic nitrogens is 4. The second-order valence-electron chi connectivity index (χ2n) is 4.45. The van der Waals surface area contributed by atoms with Gasteiger partial charge in [-0.15, -0.1) is 5.10 Å². The molecular formula is C12H15N5. The Hall–Kier alpha value is -1.75. The highest BCUT2D eigenvalue weighted by Crippen LogP contribution is 2.19. The summed E-state index contributed by atoms with van der Waals surface area (Å²) in [6.07, 6.45) is 2.54. The highest BCUT2D eigenvalue weighted by Gasteiger charge is 2.21. The van der Waals surface area contributed by atoms with Gasteiger partial charge in [-0.25, -0.2) is 0 Å². The van der Waals surface area contributed by atoms with Gasteiger partial charge in [0.05, 0.1) is 12.2 Å². The molecule has 1 aliphatic rings. The Morgan fingerprint density at radius 1 is 1.35 bits per heavy atom. The molecule has 1 fully saturated rings. The van der Waals surface area contributed by atoms with Crippen molar-refractivity contribution >= 4 is 0 Å². The molecule has 0 radical (unpaired) electrons. The Morgan fingerprint density at radius 3 is 2.94 bits per heavy atom. The molecule has 0 unspecified atom stereocenters. The number of hydrogen-bond acceptors (Lipinski definition) is 4. The molecule has 0 atom stereocenters. The lowest BCUT2D eigenvalue weighted by Crippen LogP contribution is -2.19. The zero-order valence-corrected chi connectivity index (χ0v) is 9.80. The lowest BCUT2D eigenvalue weighted by Gasteiger charge is -2.07. The summed E-state index contributed by atoms with van der Waals surface area (Å²) >= 11 is 0. The fourth-order valence-corrected chi connectivity index (χ4v) is 1.83. The van der Waals surface area contributed by atoms with Crippen LogP contribution in [0.15, 0.2) is 24.3 Å². The van der Waals surface area contributed by atoms with E-state index in [2.05, 4.69) is 33.8 Å². The van der Waals surface area contributed by atoms with Gasteiger partial charge in [0.2, 0.25) is 0 Å². The first-order valence-corrected chi connectivity index (χ1v) is 5.91. The van der Waals surface area contributed by atoms with Crippen molar-refractivity contribution in [2.24, 2.45) is 0 Å². The molecule has 1 N–H and O–H groups in total. The minimum atomic E-state index is 0.664. The van der Waals surface area contributed by atoms with Crippen LogP contribution in [0, 0.1) is 6.92 Å². The molecule has 2 aromatic rings. The molecule has 5 heteroatoms. The van der Waals surface area contributed by atoms with Crippen LogP contribution in [0.2, 0.25) is 0 Å². The van der Waals surface area contributed by atoms with Crippen LogP contribution in [0.1, 0.15) is 24.2 Å². The van der Waals surface area contributed by atoms with Gasteiger partial charge in [0, 0.05) is 6.04 Å². The predicted octanol–water partition coefficient (Wildman–Crippen LogP) is 1.22. The molecule has 5 nitrogen and oxygen atoms in total. The Balaban J connectivity index is 1.86. The van der Waals surface area contributed by atoms with Crippen molar-refractivity contribution in [1.82, 2.24) is 25.5 Å². The van der Waals surface area contributed by atoms with E-state index in [1.165, 1.54) is 18.4 Å². The number of benzene rings is 1. The number of rotatable bonds is 4. The third-order valence-corrected chi connectivity index (χ3v) is 3.00. The van der Waals surface area contributed by atoms with Crippen molar-refractivity contribution in [2.45, 2.75) is 32.4 Å². The highest BCUT2D eigenvalue weighted by molar-refractivity contribution is 5.39. The van der Waals surface area contributed by atoms with Gasteiger partial charge in [0.25, 0.3) is 0 Å². The van der Waals surface area contributed by atoms with Gasteiger partial charge in [-0.05, 0) is 41.8 Å². The van der Waals surface area contributed by atoms with Crippen molar-refractivity contribution in [3.05, 3.63) is 35.7 Å². The Morgan fingerprint density at radius 2 is 2.18 bits per heavy atom. The summed E-state index contributed by atoms with van der Waals surface area (Å²) in [5, 5.41) is 15.3. The van der Waals surface area contributed by atoms with Crippen LogP contribution in [0.25, 0.3) is 5.69 Å². The van der Waals surface area contributed by atoms with E-state index in [-0.39, 0.29) is 0 Å². The van der Waals surface area contributed by atoms with Gasteiger partial charge in [0.15, 0.2) is 5.82 Å². The highest BCUT2D eigenvalue weighted by atomic mass is 15.5. The van der Waals surface area contributed by atoms with E-state index in [9.17, 15) is 0 Å². The smallest absolute Gasteiger partial charge is 0.170 e. The maximum atomic E-state index is 4.07. The first kappa shape index (κ1) is 10.4. The molecule has 17 heavy (non-hydrogen) atoms. The first-order valence-electron chi connectivity index (χ1n) is 5.91. The SMILES string of the molecule is Cc1ccccc1-n1nnnc1CNC1CC1. The average Bonchev–Trinajstić information content (AvgIpc) is 3.06. The van der Waals surface area contributed by atoms with E-state index in [4.69, 9.17) is 0 Å². The van der Waals surface area contributed by atoms with Crippen molar-refractivity contribution in [3.63, 3.8) is 0 Å². The maximum Gasteiger partial charge on any atom is 0.170 e. The van der Waals surface area contributed by atoms with E-state index < -0.39 is 0 Å².